The molecule has 19 heavy (non-hydrogen) atoms. The fraction of sp³-hybridized carbons (Fsp3) is 0.357. The molecule has 4 nitrogen and oxygen atoms in total. The van der Waals surface area contributed by atoms with Crippen LogP contribution in [0.2, 0.25) is 5.02 Å². The summed E-state index contributed by atoms with van der Waals surface area (Å²) in [5.41, 5.74) is 1.99. The van der Waals surface area contributed by atoms with Crippen molar-refractivity contribution in [2.24, 2.45) is 7.05 Å². The number of benzene rings is 1. The molecule has 0 unspecified atom stereocenters. The van der Waals surface area contributed by atoms with Crippen molar-refractivity contribution in [3.63, 3.8) is 0 Å². The van der Waals surface area contributed by atoms with Crippen molar-refractivity contribution in [2.45, 2.75) is 13.3 Å². The first-order chi connectivity index (χ1) is 9.11. The highest BCUT2D eigenvalue weighted by Crippen LogP contribution is 2.30. The van der Waals surface area contributed by atoms with Crippen LogP contribution in [-0.4, -0.2) is 23.2 Å². The number of rotatable bonds is 5. The second-order valence-electron chi connectivity index (χ2n) is 4.43. The number of aromatic nitrogens is 2. The summed E-state index contributed by atoms with van der Waals surface area (Å²) in [7, 11) is 3.64. The highest BCUT2D eigenvalue weighted by Gasteiger charge is 2.07. The molecule has 0 fully saturated rings. The van der Waals surface area contributed by atoms with Crippen molar-refractivity contribution in [3.05, 3.63) is 40.9 Å². The van der Waals surface area contributed by atoms with Crippen LogP contribution in [0.1, 0.15) is 11.4 Å². The van der Waals surface area contributed by atoms with E-state index in [0.717, 1.165) is 35.8 Å². The Morgan fingerprint density at radius 1 is 1.42 bits per heavy atom. The van der Waals surface area contributed by atoms with Gasteiger partial charge in [0.25, 0.3) is 0 Å². The van der Waals surface area contributed by atoms with Gasteiger partial charge in [0, 0.05) is 43.5 Å². The summed E-state index contributed by atoms with van der Waals surface area (Å²) < 4.78 is 7.34. The van der Waals surface area contributed by atoms with E-state index in [2.05, 4.69) is 10.3 Å². The monoisotopic (exact) mass is 279 g/mol. The molecular weight excluding hydrogens is 262 g/mol. The molecule has 0 aliphatic rings. The zero-order valence-corrected chi connectivity index (χ0v) is 12.2. The molecule has 102 valence electrons. The smallest absolute Gasteiger partial charge is 0.143 e. The third-order valence-electron chi connectivity index (χ3n) is 3.07. The number of methoxy groups -OCH3 is 1. The highest BCUT2D eigenvalue weighted by atomic mass is 35.5. The van der Waals surface area contributed by atoms with Crippen molar-refractivity contribution >= 4 is 17.3 Å². The number of halogens is 1. The SMILES string of the molecule is COc1cc(Cl)c(C)cc1NCCc1nccn1C. The number of hydrogen-bond acceptors (Lipinski definition) is 3. The van der Waals surface area contributed by atoms with Crippen LogP contribution in [0.25, 0.3) is 0 Å². The van der Waals surface area contributed by atoms with Gasteiger partial charge in [-0.3, -0.25) is 0 Å². The Hall–Kier alpha value is -1.68. The summed E-state index contributed by atoms with van der Waals surface area (Å²) in [5, 5.41) is 4.08. The maximum atomic E-state index is 6.08. The van der Waals surface area contributed by atoms with Gasteiger partial charge >= 0.3 is 0 Å². The van der Waals surface area contributed by atoms with Gasteiger partial charge in [-0.15, -0.1) is 0 Å². The molecule has 0 atom stereocenters. The summed E-state index contributed by atoms with van der Waals surface area (Å²) >= 11 is 6.08. The lowest BCUT2D eigenvalue weighted by atomic mass is 10.2. The molecule has 0 aliphatic carbocycles. The molecule has 0 amide bonds. The number of hydrogen-bond donors (Lipinski definition) is 1. The molecule has 0 bridgehead atoms. The predicted octanol–water partition coefficient (Wildman–Crippen LogP) is 3.05. The summed E-state index contributed by atoms with van der Waals surface area (Å²) in [6.45, 7) is 2.77. The van der Waals surface area contributed by atoms with Crippen LogP contribution >= 0.6 is 11.6 Å². The van der Waals surface area contributed by atoms with Gasteiger partial charge in [0.05, 0.1) is 12.8 Å². The molecule has 0 spiro atoms. The molecule has 1 heterocycles. The van der Waals surface area contributed by atoms with Crippen molar-refractivity contribution < 1.29 is 4.74 Å². The maximum absolute atomic E-state index is 6.08. The normalized spacial score (nSPS) is 10.5. The lowest BCUT2D eigenvalue weighted by molar-refractivity contribution is 0.416. The second-order valence-corrected chi connectivity index (χ2v) is 4.84. The van der Waals surface area contributed by atoms with Crippen molar-refractivity contribution in [3.8, 4) is 5.75 Å². The molecule has 0 saturated heterocycles. The van der Waals surface area contributed by atoms with Crippen LogP contribution in [0.5, 0.6) is 5.75 Å². The Balaban J connectivity index is 2.03. The average molecular weight is 280 g/mol. The molecule has 1 N–H and O–H groups in total. The van der Waals surface area contributed by atoms with E-state index < -0.39 is 0 Å². The molecule has 0 radical (unpaired) electrons. The van der Waals surface area contributed by atoms with E-state index in [4.69, 9.17) is 16.3 Å². The number of nitrogens with zero attached hydrogens (tertiary/aromatic N) is 2. The highest BCUT2D eigenvalue weighted by molar-refractivity contribution is 6.31. The largest absolute Gasteiger partial charge is 0.495 e. The zero-order valence-electron chi connectivity index (χ0n) is 11.4. The number of ether oxygens (including phenoxy) is 1. The Bertz CT molecular complexity index is 566. The fourth-order valence-electron chi connectivity index (χ4n) is 1.92. The second kappa shape index (κ2) is 5.97. The lowest BCUT2D eigenvalue weighted by Gasteiger charge is -2.13. The van der Waals surface area contributed by atoms with E-state index in [0.29, 0.717) is 5.02 Å². The number of aryl methyl sites for hydroxylation is 2. The van der Waals surface area contributed by atoms with Gasteiger partial charge < -0.3 is 14.6 Å². The maximum Gasteiger partial charge on any atom is 0.143 e. The minimum atomic E-state index is 0.714. The average Bonchev–Trinajstić information content (AvgIpc) is 2.79. The third-order valence-corrected chi connectivity index (χ3v) is 3.47. The molecule has 1 aromatic carbocycles. The van der Waals surface area contributed by atoms with E-state index in [1.807, 2.05) is 43.1 Å². The van der Waals surface area contributed by atoms with Gasteiger partial charge in [-0.25, -0.2) is 4.98 Å². The van der Waals surface area contributed by atoms with E-state index in [9.17, 15) is 0 Å². The predicted molar refractivity (Wildman–Crippen MR) is 78.1 cm³/mol. The van der Waals surface area contributed by atoms with Gasteiger partial charge in [0.2, 0.25) is 0 Å². The van der Waals surface area contributed by atoms with Crippen LogP contribution in [0.15, 0.2) is 24.5 Å². The Morgan fingerprint density at radius 2 is 2.21 bits per heavy atom. The Labute approximate surface area is 118 Å². The van der Waals surface area contributed by atoms with Crippen molar-refractivity contribution in [1.82, 2.24) is 9.55 Å². The van der Waals surface area contributed by atoms with Gasteiger partial charge in [-0.2, -0.15) is 0 Å². The molecular formula is C14H18ClN3O. The van der Waals surface area contributed by atoms with Gasteiger partial charge in [0.15, 0.2) is 0 Å². The van der Waals surface area contributed by atoms with Crippen LogP contribution in [0.3, 0.4) is 0 Å². The third kappa shape index (κ3) is 3.20. The van der Waals surface area contributed by atoms with E-state index in [1.165, 1.54) is 0 Å². The quantitative estimate of drug-likeness (QED) is 0.914. The van der Waals surface area contributed by atoms with Gasteiger partial charge in [-0.05, 0) is 18.6 Å². The van der Waals surface area contributed by atoms with E-state index >= 15 is 0 Å². The minimum Gasteiger partial charge on any atom is -0.495 e. The summed E-state index contributed by atoms with van der Waals surface area (Å²) in [6.07, 6.45) is 4.61. The zero-order chi connectivity index (χ0) is 13.8. The first-order valence-corrected chi connectivity index (χ1v) is 6.54. The summed E-state index contributed by atoms with van der Waals surface area (Å²) in [4.78, 5) is 4.29. The van der Waals surface area contributed by atoms with Crippen molar-refractivity contribution in [2.75, 3.05) is 19.0 Å². The van der Waals surface area contributed by atoms with Crippen molar-refractivity contribution in [1.29, 1.82) is 0 Å². The van der Waals surface area contributed by atoms with Gasteiger partial charge in [-0.1, -0.05) is 11.6 Å². The summed E-state index contributed by atoms with van der Waals surface area (Å²) in [6, 6.07) is 3.83. The lowest BCUT2D eigenvalue weighted by Crippen LogP contribution is -2.09. The molecule has 5 heteroatoms. The molecule has 0 aliphatic heterocycles. The molecule has 2 rings (SSSR count). The Morgan fingerprint density at radius 3 is 2.84 bits per heavy atom. The standard InChI is InChI=1S/C14H18ClN3O/c1-10-8-12(13(19-3)9-11(10)15)16-5-4-14-17-6-7-18(14)2/h6-9,16H,4-5H2,1-3H3. The van der Waals surface area contributed by atoms with Crippen LogP contribution in [-0.2, 0) is 13.5 Å². The Kier molecular flexibility index (Phi) is 4.32. The number of nitrogens with one attached hydrogen (secondary N) is 1. The minimum absolute atomic E-state index is 0.714. The van der Waals surface area contributed by atoms with E-state index in [1.54, 1.807) is 7.11 Å². The summed E-state index contributed by atoms with van der Waals surface area (Å²) in [5.74, 6) is 1.81. The molecule has 1 aromatic heterocycles. The first-order valence-electron chi connectivity index (χ1n) is 6.16. The first kappa shape index (κ1) is 13.7. The van der Waals surface area contributed by atoms with Crippen LogP contribution in [0.4, 0.5) is 5.69 Å². The fourth-order valence-corrected chi connectivity index (χ4v) is 2.07. The molecule has 2 aromatic rings. The van der Waals surface area contributed by atoms with Crippen LogP contribution < -0.4 is 10.1 Å². The molecule has 0 saturated carbocycles. The van der Waals surface area contributed by atoms with E-state index in [-0.39, 0.29) is 0 Å². The van der Waals surface area contributed by atoms with Crippen LogP contribution in [0, 0.1) is 6.92 Å². The number of imidazole rings is 1. The number of anilines is 1. The topological polar surface area (TPSA) is 39.1 Å². The van der Waals surface area contributed by atoms with Gasteiger partial charge in [0.1, 0.15) is 11.6 Å².